The van der Waals surface area contributed by atoms with Gasteiger partial charge in [-0.15, -0.1) is 0 Å². The third-order valence-corrected chi connectivity index (χ3v) is 4.34. The summed E-state index contributed by atoms with van der Waals surface area (Å²) in [7, 11) is 3.63. The van der Waals surface area contributed by atoms with Gasteiger partial charge in [-0.1, -0.05) is 12.1 Å². The molecule has 1 fully saturated rings. The van der Waals surface area contributed by atoms with Gasteiger partial charge in [-0.2, -0.15) is 13.2 Å². The lowest BCUT2D eigenvalue weighted by atomic mass is 9.82. The zero-order valence-electron chi connectivity index (χ0n) is 14.4. The Labute approximate surface area is 154 Å². The van der Waals surface area contributed by atoms with Gasteiger partial charge in [0.2, 0.25) is 0 Å². The molecule has 1 heterocycles. The van der Waals surface area contributed by atoms with Crippen molar-refractivity contribution in [2.24, 2.45) is 5.92 Å². The molecule has 10 heteroatoms. The predicted octanol–water partition coefficient (Wildman–Crippen LogP) is 1.70. The Kier molecular flexibility index (Phi) is 5.67. The van der Waals surface area contributed by atoms with E-state index in [1.54, 1.807) is 29.6 Å². The van der Waals surface area contributed by atoms with Crippen LogP contribution in [0.1, 0.15) is 18.5 Å². The predicted molar refractivity (Wildman–Crippen MR) is 93.5 cm³/mol. The molecule has 0 aliphatic carbocycles. The van der Waals surface area contributed by atoms with Crippen LogP contribution in [0.15, 0.2) is 24.3 Å². The molecule has 26 heavy (non-hydrogen) atoms. The van der Waals surface area contributed by atoms with Crippen LogP contribution < -0.4 is 15.5 Å². The summed E-state index contributed by atoms with van der Waals surface area (Å²) in [6.07, 6.45) is -5.15. The molecule has 0 aromatic heterocycles. The molecule has 1 saturated heterocycles. The monoisotopic (exact) mass is 391 g/mol. The Balaban J connectivity index is 2.52. The average Bonchev–Trinajstić information content (AvgIpc) is 2.53. The van der Waals surface area contributed by atoms with Gasteiger partial charge in [-0.05, 0) is 36.8 Å². The van der Waals surface area contributed by atoms with Crippen molar-refractivity contribution in [3.63, 3.8) is 0 Å². The maximum Gasteiger partial charge on any atom is 0.437 e. The van der Waals surface area contributed by atoms with Crippen LogP contribution >= 0.6 is 12.2 Å². The van der Waals surface area contributed by atoms with Crippen LogP contribution in [-0.2, 0) is 9.53 Å². The van der Waals surface area contributed by atoms with Gasteiger partial charge in [0.15, 0.2) is 5.11 Å². The Morgan fingerprint density at radius 3 is 2.38 bits per heavy atom. The highest BCUT2D eigenvalue weighted by atomic mass is 32.1. The van der Waals surface area contributed by atoms with Gasteiger partial charge < -0.3 is 25.4 Å². The second kappa shape index (κ2) is 7.28. The first-order valence-corrected chi connectivity index (χ1v) is 8.23. The third-order valence-electron chi connectivity index (χ3n) is 4.12. The number of thiocarbonyl (C=S) groups is 1. The van der Waals surface area contributed by atoms with E-state index in [1.165, 1.54) is 6.92 Å². The molecule has 3 atom stereocenters. The molecule has 1 aromatic rings. The Hall–Kier alpha value is -2.07. The number of carbonyl (C=O) groups is 1. The molecule has 1 aliphatic rings. The third kappa shape index (κ3) is 3.70. The highest BCUT2D eigenvalue weighted by Gasteiger charge is 2.66. The van der Waals surface area contributed by atoms with Gasteiger partial charge in [0.05, 0.1) is 12.6 Å². The van der Waals surface area contributed by atoms with Crippen molar-refractivity contribution in [3.8, 4) is 0 Å². The van der Waals surface area contributed by atoms with Crippen molar-refractivity contribution in [2.45, 2.75) is 24.9 Å². The largest absolute Gasteiger partial charge is 0.466 e. The van der Waals surface area contributed by atoms with Crippen molar-refractivity contribution in [1.29, 1.82) is 0 Å². The maximum absolute atomic E-state index is 13.6. The number of aliphatic hydroxyl groups is 1. The van der Waals surface area contributed by atoms with Gasteiger partial charge in [0, 0.05) is 19.8 Å². The van der Waals surface area contributed by atoms with Gasteiger partial charge in [-0.25, -0.2) is 0 Å². The van der Waals surface area contributed by atoms with Gasteiger partial charge in [-0.3, -0.25) is 4.79 Å². The van der Waals surface area contributed by atoms with Crippen LogP contribution in [0, 0.1) is 5.92 Å². The zero-order valence-corrected chi connectivity index (χ0v) is 15.2. The summed E-state index contributed by atoms with van der Waals surface area (Å²) in [5.74, 6) is -3.17. The number of anilines is 1. The van der Waals surface area contributed by atoms with Crippen molar-refractivity contribution in [3.05, 3.63) is 29.8 Å². The van der Waals surface area contributed by atoms with E-state index in [0.717, 1.165) is 5.69 Å². The molecule has 3 N–H and O–H groups in total. The summed E-state index contributed by atoms with van der Waals surface area (Å²) in [5, 5.41) is 14.4. The second-order valence-electron chi connectivity index (χ2n) is 6.06. The van der Waals surface area contributed by atoms with E-state index in [4.69, 9.17) is 17.0 Å². The lowest BCUT2D eigenvalue weighted by Gasteiger charge is -2.45. The van der Waals surface area contributed by atoms with E-state index in [2.05, 4.69) is 5.32 Å². The van der Waals surface area contributed by atoms with Crippen LogP contribution in [0.3, 0.4) is 0 Å². The van der Waals surface area contributed by atoms with Crippen LogP contribution in [0.2, 0.25) is 0 Å². The number of carbonyl (C=O) groups excluding carboxylic acids is 1. The van der Waals surface area contributed by atoms with E-state index in [-0.39, 0.29) is 6.61 Å². The fraction of sp³-hybridized carbons (Fsp3) is 0.500. The molecule has 144 valence electrons. The molecule has 0 spiro atoms. The fourth-order valence-electron chi connectivity index (χ4n) is 2.79. The minimum Gasteiger partial charge on any atom is -0.466 e. The number of benzene rings is 1. The van der Waals surface area contributed by atoms with Crippen LogP contribution in [0.25, 0.3) is 0 Å². The normalized spacial score (nSPS) is 25.9. The average molecular weight is 391 g/mol. The zero-order chi connectivity index (χ0) is 19.7. The summed E-state index contributed by atoms with van der Waals surface area (Å²) < 4.78 is 45.6. The number of hydrogen-bond acceptors (Lipinski definition) is 5. The van der Waals surface area contributed by atoms with E-state index in [1.807, 2.05) is 19.0 Å². The number of hydrogen-bond donors (Lipinski definition) is 3. The number of halogens is 3. The minimum absolute atomic E-state index is 0.125. The van der Waals surface area contributed by atoms with Crippen LogP contribution in [-0.4, -0.2) is 48.8 Å². The molecule has 0 bridgehead atoms. The summed E-state index contributed by atoms with van der Waals surface area (Å²) in [4.78, 5) is 14.1. The summed E-state index contributed by atoms with van der Waals surface area (Å²) in [6.45, 7) is 1.35. The molecule has 6 nitrogen and oxygen atoms in total. The summed E-state index contributed by atoms with van der Waals surface area (Å²) >= 11 is 4.83. The molecular formula is C16H20F3N3O3S. The molecule has 0 unspecified atom stereocenters. The van der Waals surface area contributed by atoms with E-state index in [9.17, 15) is 23.1 Å². The van der Waals surface area contributed by atoms with Crippen LogP contribution in [0.4, 0.5) is 18.9 Å². The Bertz CT molecular complexity index is 682. The first kappa shape index (κ1) is 20.2. The number of ether oxygens (including phenoxy) is 1. The Morgan fingerprint density at radius 1 is 1.35 bits per heavy atom. The molecule has 0 amide bonds. The van der Waals surface area contributed by atoms with Crippen molar-refractivity contribution in [2.75, 3.05) is 25.6 Å². The number of nitrogens with zero attached hydrogens (tertiary/aromatic N) is 1. The Morgan fingerprint density at radius 2 is 1.92 bits per heavy atom. The second-order valence-corrected chi connectivity index (χ2v) is 6.46. The number of rotatable bonds is 4. The quantitative estimate of drug-likeness (QED) is 0.533. The van der Waals surface area contributed by atoms with E-state index < -0.39 is 34.9 Å². The number of alkyl halides is 3. The van der Waals surface area contributed by atoms with Gasteiger partial charge >= 0.3 is 12.1 Å². The summed E-state index contributed by atoms with van der Waals surface area (Å²) in [6, 6.07) is 5.31. The number of nitrogens with one attached hydrogen (secondary N) is 2. The smallest absolute Gasteiger partial charge is 0.437 e. The minimum atomic E-state index is -5.15. The summed E-state index contributed by atoms with van der Waals surface area (Å²) in [5.41, 5.74) is -2.36. The first-order valence-electron chi connectivity index (χ1n) is 7.83. The fourth-order valence-corrected chi connectivity index (χ4v) is 3.08. The first-order chi connectivity index (χ1) is 12.0. The lowest BCUT2D eigenvalue weighted by molar-refractivity contribution is -0.292. The SMILES string of the molecule is CCOC(=O)[C@H]1[C@@H](c2ccc(N(C)C)cc2)NC(=S)N[C@@]1(O)C(F)(F)F. The molecule has 1 aliphatic heterocycles. The topological polar surface area (TPSA) is 73.8 Å². The van der Waals surface area contributed by atoms with E-state index in [0.29, 0.717) is 5.56 Å². The highest BCUT2D eigenvalue weighted by Crippen LogP contribution is 2.43. The van der Waals surface area contributed by atoms with Gasteiger partial charge in [0.25, 0.3) is 5.72 Å². The van der Waals surface area contributed by atoms with E-state index >= 15 is 0 Å². The molecule has 1 aromatic carbocycles. The van der Waals surface area contributed by atoms with Crippen LogP contribution in [0.5, 0.6) is 0 Å². The van der Waals surface area contributed by atoms with Gasteiger partial charge in [0.1, 0.15) is 5.92 Å². The van der Waals surface area contributed by atoms with Crippen molar-refractivity contribution >= 4 is 29.0 Å². The number of esters is 1. The molecule has 0 saturated carbocycles. The molecular weight excluding hydrogens is 371 g/mol. The highest BCUT2D eigenvalue weighted by molar-refractivity contribution is 7.80. The lowest BCUT2D eigenvalue weighted by Crippen LogP contribution is -2.73. The molecule has 0 radical (unpaired) electrons. The molecule has 2 rings (SSSR count). The van der Waals surface area contributed by atoms with Crippen molar-refractivity contribution in [1.82, 2.24) is 10.6 Å². The standard InChI is InChI=1S/C16H20F3N3O3S/c1-4-25-13(23)11-12(9-5-7-10(8-6-9)22(2)3)20-14(26)21-15(11,24)16(17,18)19/h5-8,11-12,24H,4H2,1-3H3,(H2,20,21,26)/t11-,12-,15+/m1/s1. The van der Waals surface area contributed by atoms with Crippen molar-refractivity contribution < 1.29 is 27.8 Å². The maximum atomic E-state index is 13.6.